The molecule has 0 aliphatic heterocycles. The molecule has 2 aromatic carbocycles. The van der Waals surface area contributed by atoms with Crippen molar-refractivity contribution in [1.82, 2.24) is 16.0 Å². The van der Waals surface area contributed by atoms with Crippen LogP contribution in [0.25, 0.3) is 0 Å². The van der Waals surface area contributed by atoms with E-state index in [2.05, 4.69) is 16.0 Å². The third-order valence-electron chi connectivity index (χ3n) is 3.81. The number of nitrogens with one attached hydrogen (secondary N) is 3. The molecule has 0 heterocycles. The Morgan fingerprint density at radius 3 is 2.37 bits per heavy atom. The molecule has 0 saturated heterocycles. The maximum absolute atomic E-state index is 12.8. The molecule has 0 aromatic heterocycles. The highest BCUT2D eigenvalue weighted by atomic mass is 35.5. The quantitative estimate of drug-likeness (QED) is 0.593. The number of amides is 3. The topological polar surface area (TPSA) is 70.2 Å². The first-order valence-corrected chi connectivity index (χ1v) is 9.15. The van der Waals surface area contributed by atoms with Gasteiger partial charge in [-0.1, -0.05) is 29.3 Å². The summed E-state index contributed by atoms with van der Waals surface area (Å²) in [6, 6.07) is 9.77. The molecule has 1 unspecified atom stereocenters. The molecular weight excluding hydrogens is 392 g/mol. The molecule has 0 bridgehead atoms. The highest BCUT2D eigenvalue weighted by Crippen LogP contribution is 2.25. The van der Waals surface area contributed by atoms with Crippen LogP contribution in [-0.2, 0) is 0 Å². The number of rotatable bonds is 7. The molecule has 144 valence electrons. The first kappa shape index (κ1) is 21.0. The molecule has 27 heavy (non-hydrogen) atoms. The molecule has 3 amide bonds. The Kier molecular flexibility index (Phi) is 7.88. The standard InChI is InChI=1S/C19H20Cl2FN3O2/c1-12(16-8-5-14(20)11-17(16)21)25-19(27)24-10-2-9-23-18(26)13-3-6-15(22)7-4-13/h3-8,11-12H,2,9-10H2,1H3,(H,23,26)(H2,24,25,27). The van der Waals surface area contributed by atoms with Crippen molar-refractivity contribution in [3.63, 3.8) is 0 Å². The zero-order valence-electron chi connectivity index (χ0n) is 14.7. The fourth-order valence-corrected chi connectivity index (χ4v) is 2.95. The summed E-state index contributed by atoms with van der Waals surface area (Å²) in [6.45, 7) is 2.59. The Balaban J connectivity index is 1.67. The van der Waals surface area contributed by atoms with E-state index in [0.29, 0.717) is 35.1 Å². The molecular formula is C19H20Cl2FN3O2. The van der Waals surface area contributed by atoms with Crippen molar-refractivity contribution in [2.24, 2.45) is 0 Å². The SMILES string of the molecule is CC(NC(=O)NCCCNC(=O)c1ccc(F)cc1)c1ccc(Cl)cc1Cl. The number of benzene rings is 2. The molecule has 3 N–H and O–H groups in total. The number of halogens is 3. The molecule has 5 nitrogen and oxygen atoms in total. The van der Waals surface area contributed by atoms with Gasteiger partial charge in [-0.3, -0.25) is 4.79 Å². The maximum Gasteiger partial charge on any atom is 0.315 e. The van der Waals surface area contributed by atoms with Gasteiger partial charge in [-0.25, -0.2) is 9.18 Å². The molecule has 0 fully saturated rings. The number of carbonyl (C=O) groups excluding carboxylic acids is 2. The number of carbonyl (C=O) groups is 2. The second-order valence-electron chi connectivity index (χ2n) is 5.90. The van der Waals surface area contributed by atoms with Crippen molar-refractivity contribution < 1.29 is 14.0 Å². The van der Waals surface area contributed by atoms with E-state index < -0.39 is 5.82 Å². The van der Waals surface area contributed by atoms with Crippen LogP contribution in [0.15, 0.2) is 42.5 Å². The van der Waals surface area contributed by atoms with Crippen molar-refractivity contribution in [3.05, 3.63) is 69.5 Å². The second-order valence-corrected chi connectivity index (χ2v) is 6.75. The first-order chi connectivity index (χ1) is 12.9. The highest BCUT2D eigenvalue weighted by Gasteiger charge is 2.12. The minimum atomic E-state index is -0.393. The number of hydrogen-bond donors (Lipinski definition) is 3. The summed E-state index contributed by atoms with van der Waals surface area (Å²) in [5.74, 6) is -0.679. The molecule has 0 aliphatic carbocycles. The van der Waals surface area contributed by atoms with Crippen molar-refractivity contribution in [2.45, 2.75) is 19.4 Å². The van der Waals surface area contributed by atoms with E-state index in [1.165, 1.54) is 24.3 Å². The van der Waals surface area contributed by atoms with Crippen LogP contribution in [-0.4, -0.2) is 25.0 Å². The smallest absolute Gasteiger partial charge is 0.315 e. The normalized spacial score (nSPS) is 11.6. The summed E-state index contributed by atoms with van der Waals surface area (Å²) in [5, 5.41) is 9.23. The molecule has 0 spiro atoms. The van der Waals surface area contributed by atoms with Crippen LogP contribution in [0.3, 0.4) is 0 Å². The highest BCUT2D eigenvalue weighted by molar-refractivity contribution is 6.35. The molecule has 0 saturated carbocycles. The average molecular weight is 412 g/mol. The largest absolute Gasteiger partial charge is 0.352 e. The van der Waals surface area contributed by atoms with Crippen LogP contribution >= 0.6 is 23.2 Å². The lowest BCUT2D eigenvalue weighted by Crippen LogP contribution is -2.38. The molecule has 0 radical (unpaired) electrons. The van der Waals surface area contributed by atoms with Crippen LogP contribution < -0.4 is 16.0 Å². The van der Waals surface area contributed by atoms with Gasteiger partial charge < -0.3 is 16.0 Å². The molecule has 1 atom stereocenters. The monoisotopic (exact) mass is 411 g/mol. The van der Waals surface area contributed by atoms with Crippen molar-refractivity contribution in [3.8, 4) is 0 Å². The van der Waals surface area contributed by atoms with Crippen molar-refractivity contribution in [1.29, 1.82) is 0 Å². The predicted octanol–water partition coefficient (Wildman–Crippen LogP) is 4.31. The van der Waals surface area contributed by atoms with E-state index in [9.17, 15) is 14.0 Å². The third kappa shape index (κ3) is 6.73. The number of urea groups is 1. The number of hydrogen-bond acceptors (Lipinski definition) is 2. The fraction of sp³-hybridized carbons (Fsp3) is 0.263. The average Bonchev–Trinajstić information content (AvgIpc) is 2.61. The van der Waals surface area contributed by atoms with Gasteiger partial charge in [-0.05, 0) is 55.3 Å². The van der Waals surface area contributed by atoms with E-state index in [1.807, 2.05) is 6.92 Å². The van der Waals surface area contributed by atoms with Gasteiger partial charge in [-0.2, -0.15) is 0 Å². The van der Waals surface area contributed by atoms with E-state index >= 15 is 0 Å². The first-order valence-electron chi connectivity index (χ1n) is 8.40. The molecule has 2 rings (SSSR count). The lowest BCUT2D eigenvalue weighted by molar-refractivity contribution is 0.0953. The summed E-state index contributed by atoms with van der Waals surface area (Å²) in [5.41, 5.74) is 1.15. The van der Waals surface area contributed by atoms with Gasteiger partial charge in [0.25, 0.3) is 5.91 Å². The van der Waals surface area contributed by atoms with Gasteiger partial charge in [0.1, 0.15) is 5.82 Å². The van der Waals surface area contributed by atoms with Crippen molar-refractivity contribution in [2.75, 3.05) is 13.1 Å². The minimum Gasteiger partial charge on any atom is -0.352 e. The van der Waals surface area contributed by atoms with E-state index in [0.717, 1.165) is 5.56 Å². The Labute approximate surface area is 167 Å². The zero-order valence-corrected chi connectivity index (χ0v) is 16.2. The van der Waals surface area contributed by atoms with Crippen LogP contribution in [0, 0.1) is 5.82 Å². The third-order valence-corrected chi connectivity index (χ3v) is 4.37. The van der Waals surface area contributed by atoms with Gasteiger partial charge in [0.05, 0.1) is 6.04 Å². The van der Waals surface area contributed by atoms with Crippen LogP contribution in [0.4, 0.5) is 9.18 Å². The Bertz CT molecular complexity index is 800. The van der Waals surface area contributed by atoms with Gasteiger partial charge in [0, 0.05) is 28.7 Å². The van der Waals surface area contributed by atoms with E-state index in [-0.39, 0.29) is 18.0 Å². The second kappa shape index (κ2) is 10.1. The predicted molar refractivity (Wildman–Crippen MR) is 105 cm³/mol. The zero-order chi connectivity index (χ0) is 19.8. The van der Waals surface area contributed by atoms with Crippen molar-refractivity contribution >= 4 is 35.1 Å². The maximum atomic E-state index is 12.8. The molecule has 8 heteroatoms. The summed E-state index contributed by atoms with van der Waals surface area (Å²) in [6.07, 6.45) is 0.552. The van der Waals surface area contributed by atoms with E-state index in [4.69, 9.17) is 23.2 Å². The molecule has 0 aliphatic rings. The van der Waals surface area contributed by atoms with E-state index in [1.54, 1.807) is 18.2 Å². The minimum absolute atomic E-state index is 0.284. The molecule has 2 aromatic rings. The summed E-state index contributed by atoms with van der Waals surface area (Å²) < 4.78 is 12.8. The Morgan fingerprint density at radius 1 is 1.04 bits per heavy atom. The Morgan fingerprint density at radius 2 is 1.70 bits per heavy atom. The van der Waals surface area contributed by atoms with Crippen LogP contribution in [0.1, 0.15) is 35.3 Å². The fourth-order valence-electron chi connectivity index (χ4n) is 2.37. The summed E-state index contributed by atoms with van der Waals surface area (Å²) in [4.78, 5) is 23.8. The van der Waals surface area contributed by atoms with Gasteiger partial charge in [0.15, 0.2) is 0 Å². The van der Waals surface area contributed by atoms with Gasteiger partial charge >= 0.3 is 6.03 Å². The van der Waals surface area contributed by atoms with Gasteiger partial charge in [0.2, 0.25) is 0 Å². The van der Waals surface area contributed by atoms with Crippen LogP contribution in [0.5, 0.6) is 0 Å². The van der Waals surface area contributed by atoms with Gasteiger partial charge in [-0.15, -0.1) is 0 Å². The van der Waals surface area contributed by atoms with Crippen LogP contribution in [0.2, 0.25) is 10.0 Å². The lowest BCUT2D eigenvalue weighted by atomic mass is 10.1. The Hall–Kier alpha value is -2.31. The summed E-state index contributed by atoms with van der Waals surface area (Å²) >= 11 is 12.0. The summed E-state index contributed by atoms with van der Waals surface area (Å²) in [7, 11) is 0. The lowest BCUT2D eigenvalue weighted by Gasteiger charge is -2.16.